The molecule has 10 aromatic carbocycles. The van der Waals surface area contributed by atoms with Crippen LogP contribution in [0.3, 0.4) is 0 Å². The van der Waals surface area contributed by atoms with Crippen molar-refractivity contribution in [1.29, 1.82) is 0 Å². The Labute approximate surface area is 352 Å². The van der Waals surface area contributed by atoms with Crippen LogP contribution in [0.15, 0.2) is 243 Å². The number of hydrogen-bond donors (Lipinski definition) is 0. The fraction of sp³-hybridized carbons (Fsp3) is 0.0345. The summed E-state index contributed by atoms with van der Waals surface area (Å²) < 4.78 is 0. The molecular weight excluding hydrogens is 725 g/mol. The summed E-state index contributed by atoms with van der Waals surface area (Å²) in [5.41, 5.74) is 14.4. The summed E-state index contributed by atoms with van der Waals surface area (Å²) in [5, 5.41) is 4.84. The van der Waals surface area contributed by atoms with Crippen molar-refractivity contribution in [2.24, 2.45) is 0 Å². The minimum atomic E-state index is 0.893. The fourth-order valence-electron chi connectivity index (χ4n) is 8.43. The standard InChI is InChI=1S/C58H44N2/c1-5-15-43(16-6-1)35-45-19-13-25-55(37-45)59(53-21-9-3-10-22-53)57-33-31-49-39-47(27-29-51(49)41-57)48-28-30-52-42-58(34-32-50(52)40-48)60(54-23-11-4-12-24-54)56-26-14-20-46(38-56)36-44-17-7-2-8-18-44/h1-34,37-42H,35-36H2. The molecule has 10 rings (SSSR count). The minimum absolute atomic E-state index is 0.893. The van der Waals surface area contributed by atoms with Crippen LogP contribution in [0.5, 0.6) is 0 Å². The molecule has 286 valence electrons. The Morgan fingerprint density at radius 3 is 0.950 bits per heavy atom. The molecule has 10 aromatic rings. The molecule has 0 fully saturated rings. The minimum Gasteiger partial charge on any atom is -0.310 e. The highest BCUT2D eigenvalue weighted by atomic mass is 15.1. The Morgan fingerprint density at radius 2 is 0.533 bits per heavy atom. The zero-order valence-electron chi connectivity index (χ0n) is 33.4. The van der Waals surface area contributed by atoms with E-state index in [1.807, 2.05) is 0 Å². The van der Waals surface area contributed by atoms with Gasteiger partial charge in [-0.05, 0) is 153 Å². The normalized spacial score (nSPS) is 11.1. The maximum absolute atomic E-state index is 2.36. The zero-order chi connectivity index (χ0) is 40.1. The third-order valence-corrected chi connectivity index (χ3v) is 11.4. The van der Waals surface area contributed by atoms with Gasteiger partial charge in [-0.15, -0.1) is 0 Å². The van der Waals surface area contributed by atoms with Crippen molar-refractivity contribution in [3.63, 3.8) is 0 Å². The monoisotopic (exact) mass is 768 g/mol. The largest absolute Gasteiger partial charge is 0.310 e. The van der Waals surface area contributed by atoms with E-state index in [4.69, 9.17) is 0 Å². The number of para-hydroxylation sites is 2. The molecule has 0 aliphatic rings. The first-order chi connectivity index (χ1) is 29.7. The smallest absolute Gasteiger partial charge is 0.0468 e. The lowest BCUT2D eigenvalue weighted by Crippen LogP contribution is -2.10. The molecule has 0 bridgehead atoms. The van der Waals surface area contributed by atoms with Crippen molar-refractivity contribution < 1.29 is 0 Å². The molecule has 0 saturated carbocycles. The second-order valence-electron chi connectivity index (χ2n) is 15.5. The summed E-state index contributed by atoms with van der Waals surface area (Å²) in [6.45, 7) is 0. The number of anilines is 6. The molecule has 0 heterocycles. The van der Waals surface area contributed by atoms with Crippen molar-refractivity contribution >= 4 is 55.7 Å². The van der Waals surface area contributed by atoms with Gasteiger partial charge in [0.2, 0.25) is 0 Å². The van der Waals surface area contributed by atoms with Gasteiger partial charge < -0.3 is 9.80 Å². The van der Waals surface area contributed by atoms with Gasteiger partial charge in [-0.25, -0.2) is 0 Å². The number of rotatable bonds is 11. The van der Waals surface area contributed by atoms with Gasteiger partial charge in [0.1, 0.15) is 0 Å². The van der Waals surface area contributed by atoms with E-state index >= 15 is 0 Å². The van der Waals surface area contributed by atoms with Crippen LogP contribution in [0.2, 0.25) is 0 Å². The molecule has 0 radical (unpaired) electrons. The summed E-state index contributed by atoms with van der Waals surface area (Å²) in [5.74, 6) is 0. The zero-order valence-corrected chi connectivity index (χ0v) is 33.4. The maximum atomic E-state index is 2.36. The second kappa shape index (κ2) is 16.7. The van der Waals surface area contributed by atoms with Crippen LogP contribution < -0.4 is 9.80 Å². The van der Waals surface area contributed by atoms with Crippen LogP contribution in [0.4, 0.5) is 34.1 Å². The van der Waals surface area contributed by atoms with Crippen molar-refractivity contribution in [1.82, 2.24) is 0 Å². The molecule has 0 saturated heterocycles. The van der Waals surface area contributed by atoms with Gasteiger partial charge in [0.15, 0.2) is 0 Å². The van der Waals surface area contributed by atoms with Crippen molar-refractivity contribution in [3.8, 4) is 11.1 Å². The van der Waals surface area contributed by atoms with E-state index in [1.165, 1.54) is 54.9 Å². The average molecular weight is 769 g/mol. The van der Waals surface area contributed by atoms with Gasteiger partial charge in [0.25, 0.3) is 0 Å². The Balaban J connectivity index is 0.948. The molecule has 0 aliphatic heterocycles. The third kappa shape index (κ3) is 7.92. The third-order valence-electron chi connectivity index (χ3n) is 11.4. The fourth-order valence-corrected chi connectivity index (χ4v) is 8.43. The van der Waals surface area contributed by atoms with Crippen LogP contribution >= 0.6 is 0 Å². The van der Waals surface area contributed by atoms with Gasteiger partial charge >= 0.3 is 0 Å². The van der Waals surface area contributed by atoms with Crippen molar-refractivity contribution in [2.45, 2.75) is 12.8 Å². The molecule has 60 heavy (non-hydrogen) atoms. The quantitative estimate of drug-likeness (QED) is 0.129. The molecule has 0 atom stereocenters. The number of benzene rings is 10. The van der Waals surface area contributed by atoms with Gasteiger partial charge in [-0.2, -0.15) is 0 Å². The van der Waals surface area contributed by atoms with Crippen LogP contribution in [-0.2, 0) is 12.8 Å². The first-order valence-electron chi connectivity index (χ1n) is 20.7. The van der Waals surface area contributed by atoms with Gasteiger partial charge in [-0.1, -0.05) is 158 Å². The maximum Gasteiger partial charge on any atom is 0.0468 e. The molecule has 0 aromatic heterocycles. The van der Waals surface area contributed by atoms with Crippen molar-refractivity contribution in [2.75, 3.05) is 9.80 Å². The predicted octanol–water partition coefficient (Wildman–Crippen LogP) is 15.8. The highest BCUT2D eigenvalue weighted by Crippen LogP contribution is 2.39. The van der Waals surface area contributed by atoms with E-state index in [9.17, 15) is 0 Å². The number of hydrogen-bond acceptors (Lipinski definition) is 2. The highest BCUT2D eigenvalue weighted by Gasteiger charge is 2.16. The Kier molecular flexibility index (Phi) is 10.2. The summed E-state index contributed by atoms with van der Waals surface area (Å²) in [6.07, 6.45) is 1.79. The van der Waals surface area contributed by atoms with Gasteiger partial charge in [-0.3, -0.25) is 0 Å². The number of fused-ring (bicyclic) bond motifs is 2. The molecule has 0 amide bonds. The Bertz CT molecular complexity index is 2820. The van der Waals surface area contributed by atoms with Gasteiger partial charge in [0, 0.05) is 34.1 Å². The highest BCUT2D eigenvalue weighted by molar-refractivity contribution is 5.95. The molecule has 0 aliphatic carbocycles. The van der Waals surface area contributed by atoms with Crippen molar-refractivity contribution in [3.05, 3.63) is 265 Å². The molecular formula is C58H44N2. The second-order valence-corrected chi connectivity index (χ2v) is 15.5. The van der Waals surface area contributed by atoms with E-state index in [0.29, 0.717) is 0 Å². The summed E-state index contributed by atoms with van der Waals surface area (Å²) in [7, 11) is 0. The first-order valence-corrected chi connectivity index (χ1v) is 20.7. The lowest BCUT2D eigenvalue weighted by Gasteiger charge is -2.26. The molecule has 0 N–H and O–H groups in total. The lowest BCUT2D eigenvalue weighted by atomic mass is 9.97. The van der Waals surface area contributed by atoms with E-state index in [2.05, 4.69) is 252 Å². The van der Waals surface area contributed by atoms with Crippen LogP contribution in [0, 0.1) is 0 Å². The summed E-state index contributed by atoms with van der Waals surface area (Å²) in [6, 6.07) is 87.9. The Morgan fingerprint density at radius 1 is 0.217 bits per heavy atom. The molecule has 0 unspecified atom stereocenters. The van der Waals surface area contributed by atoms with E-state index < -0.39 is 0 Å². The lowest BCUT2D eigenvalue weighted by molar-refractivity contribution is 1.18. The average Bonchev–Trinajstić information content (AvgIpc) is 3.30. The van der Waals surface area contributed by atoms with E-state index in [-0.39, 0.29) is 0 Å². The Hall–Kier alpha value is -7.68. The predicted molar refractivity (Wildman–Crippen MR) is 255 cm³/mol. The molecule has 2 heteroatoms. The molecule has 0 spiro atoms. The van der Waals surface area contributed by atoms with Crippen LogP contribution in [0.1, 0.15) is 22.3 Å². The van der Waals surface area contributed by atoms with Crippen LogP contribution in [0.25, 0.3) is 32.7 Å². The first kappa shape index (κ1) is 36.6. The summed E-state index contributed by atoms with van der Waals surface area (Å²) >= 11 is 0. The molecule has 2 nitrogen and oxygen atoms in total. The summed E-state index contributed by atoms with van der Waals surface area (Å²) in [4.78, 5) is 4.72. The van der Waals surface area contributed by atoms with Crippen LogP contribution in [-0.4, -0.2) is 0 Å². The topological polar surface area (TPSA) is 6.48 Å². The van der Waals surface area contributed by atoms with E-state index in [1.54, 1.807) is 0 Å². The SMILES string of the molecule is c1ccc(Cc2cccc(N(c3ccccc3)c3ccc4cc(-c5ccc6cc(N(c7ccccc7)c7cccc(Cc8ccccc8)c7)ccc6c5)ccc4c3)c2)cc1. The van der Waals surface area contributed by atoms with Gasteiger partial charge in [0.05, 0.1) is 0 Å². The van der Waals surface area contributed by atoms with E-state index in [0.717, 1.165) is 47.0 Å². The number of nitrogens with zero attached hydrogens (tertiary/aromatic N) is 2.